The highest BCUT2D eigenvalue weighted by Crippen LogP contribution is 2.28. The van der Waals surface area contributed by atoms with E-state index in [0.29, 0.717) is 5.88 Å². The Balaban J connectivity index is 2.45. The van der Waals surface area contributed by atoms with Gasteiger partial charge in [0, 0.05) is 11.8 Å². The molecule has 2 rings (SSSR count). The monoisotopic (exact) mass is 242 g/mol. The van der Waals surface area contributed by atoms with Crippen molar-refractivity contribution < 1.29 is 4.74 Å². The summed E-state index contributed by atoms with van der Waals surface area (Å²) in [5.74, 6) is 0.665. The van der Waals surface area contributed by atoms with Gasteiger partial charge < -0.3 is 10.1 Å². The van der Waals surface area contributed by atoms with Gasteiger partial charge >= 0.3 is 0 Å². The van der Waals surface area contributed by atoms with Crippen LogP contribution in [-0.2, 0) is 0 Å². The Morgan fingerprint density at radius 3 is 2.72 bits per heavy atom. The largest absolute Gasteiger partial charge is 0.481 e. The van der Waals surface area contributed by atoms with E-state index in [-0.39, 0.29) is 6.04 Å². The summed E-state index contributed by atoms with van der Waals surface area (Å²) in [6, 6.07) is 12.5. The van der Waals surface area contributed by atoms with Crippen LogP contribution in [0.5, 0.6) is 5.88 Å². The van der Waals surface area contributed by atoms with Crippen molar-refractivity contribution >= 4 is 0 Å². The number of nitrogens with zero attached hydrogens (tertiary/aromatic N) is 1. The van der Waals surface area contributed by atoms with Gasteiger partial charge in [-0.2, -0.15) is 0 Å². The van der Waals surface area contributed by atoms with Crippen LogP contribution in [0, 0.1) is 6.92 Å². The second-order valence-electron chi connectivity index (χ2n) is 4.24. The molecule has 0 spiro atoms. The molecule has 1 heterocycles. The molecule has 0 aliphatic carbocycles. The van der Waals surface area contributed by atoms with Gasteiger partial charge in [-0.15, -0.1) is 0 Å². The van der Waals surface area contributed by atoms with E-state index >= 15 is 0 Å². The fourth-order valence-corrected chi connectivity index (χ4v) is 2.14. The lowest BCUT2D eigenvalue weighted by Crippen LogP contribution is -2.18. The van der Waals surface area contributed by atoms with Crippen molar-refractivity contribution in [2.75, 3.05) is 14.2 Å². The number of benzene rings is 1. The second-order valence-corrected chi connectivity index (χ2v) is 4.24. The summed E-state index contributed by atoms with van der Waals surface area (Å²) in [4.78, 5) is 4.25. The quantitative estimate of drug-likeness (QED) is 0.895. The minimum absolute atomic E-state index is 0.0913. The number of rotatable bonds is 4. The third-order valence-electron chi connectivity index (χ3n) is 2.97. The summed E-state index contributed by atoms with van der Waals surface area (Å²) < 4.78 is 5.33. The third kappa shape index (κ3) is 2.51. The zero-order valence-corrected chi connectivity index (χ0v) is 11.0. The topological polar surface area (TPSA) is 34.2 Å². The van der Waals surface area contributed by atoms with E-state index < -0.39 is 0 Å². The van der Waals surface area contributed by atoms with Gasteiger partial charge in [-0.3, -0.25) is 0 Å². The Labute approximate surface area is 108 Å². The van der Waals surface area contributed by atoms with E-state index in [1.807, 2.05) is 19.2 Å². The van der Waals surface area contributed by atoms with Crippen LogP contribution in [0.4, 0.5) is 0 Å². The first kappa shape index (κ1) is 12.6. The van der Waals surface area contributed by atoms with Crippen LogP contribution in [-0.4, -0.2) is 19.1 Å². The van der Waals surface area contributed by atoms with Crippen molar-refractivity contribution in [1.82, 2.24) is 10.3 Å². The molecule has 3 heteroatoms. The summed E-state index contributed by atoms with van der Waals surface area (Å²) in [6.45, 7) is 2.09. The zero-order valence-electron chi connectivity index (χ0n) is 11.0. The Morgan fingerprint density at radius 1 is 1.22 bits per heavy atom. The van der Waals surface area contributed by atoms with Crippen molar-refractivity contribution in [1.29, 1.82) is 0 Å². The molecule has 0 amide bonds. The first-order valence-electron chi connectivity index (χ1n) is 5.99. The van der Waals surface area contributed by atoms with Crippen LogP contribution < -0.4 is 10.1 Å². The molecule has 0 saturated heterocycles. The lowest BCUT2D eigenvalue weighted by molar-refractivity contribution is 0.388. The number of pyridine rings is 1. The van der Waals surface area contributed by atoms with E-state index in [2.05, 4.69) is 41.5 Å². The molecule has 94 valence electrons. The van der Waals surface area contributed by atoms with E-state index in [9.17, 15) is 0 Å². The summed E-state index contributed by atoms with van der Waals surface area (Å²) in [6.07, 6.45) is 1.74. The lowest BCUT2D eigenvalue weighted by atomic mass is 9.98. The van der Waals surface area contributed by atoms with Crippen LogP contribution in [0.15, 0.2) is 42.6 Å². The smallest absolute Gasteiger partial charge is 0.218 e. The molecule has 1 atom stereocenters. The van der Waals surface area contributed by atoms with Gasteiger partial charge in [0.2, 0.25) is 5.88 Å². The number of hydrogen-bond donors (Lipinski definition) is 1. The molecule has 1 aromatic heterocycles. The highest BCUT2D eigenvalue weighted by atomic mass is 16.5. The molecule has 18 heavy (non-hydrogen) atoms. The van der Waals surface area contributed by atoms with Gasteiger partial charge in [0.1, 0.15) is 0 Å². The molecule has 0 fully saturated rings. The molecule has 1 aromatic carbocycles. The van der Waals surface area contributed by atoms with Gasteiger partial charge in [0.15, 0.2) is 0 Å². The van der Waals surface area contributed by atoms with Gasteiger partial charge in [-0.05, 0) is 25.6 Å². The summed E-state index contributed by atoms with van der Waals surface area (Å²) in [5.41, 5.74) is 3.51. The van der Waals surface area contributed by atoms with Gasteiger partial charge in [-0.1, -0.05) is 35.9 Å². The number of methoxy groups -OCH3 is 1. The standard InChI is InChI=1S/C15H18N2O/c1-11-6-4-7-12(10-11)14(16-2)13-8-5-9-17-15(13)18-3/h4-10,14,16H,1-3H3. The van der Waals surface area contributed by atoms with E-state index in [0.717, 1.165) is 5.56 Å². The highest BCUT2D eigenvalue weighted by Gasteiger charge is 2.16. The fraction of sp³-hybridized carbons (Fsp3) is 0.267. The SMILES string of the molecule is CNC(c1cccc(C)c1)c1cccnc1OC. The predicted molar refractivity (Wildman–Crippen MR) is 72.9 cm³/mol. The van der Waals surface area contributed by atoms with Crippen LogP contribution in [0.1, 0.15) is 22.7 Å². The van der Waals surface area contributed by atoms with Crippen LogP contribution >= 0.6 is 0 Å². The molecule has 0 bridgehead atoms. The summed E-state index contributed by atoms with van der Waals surface area (Å²) in [5, 5.41) is 3.32. The summed E-state index contributed by atoms with van der Waals surface area (Å²) in [7, 11) is 3.59. The van der Waals surface area contributed by atoms with Gasteiger partial charge in [0.05, 0.1) is 13.2 Å². The Hall–Kier alpha value is -1.87. The molecule has 0 aliphatic heterocycles. The fourth-order valence-electron chi connectivity index (χ4n) is 2.14. The van der Waals surface area contributed by atoms with Crippen molar-refractivity contribution in [2.45, 2.75) is 13.0 Å². The molecular formula is C15H18N2O. The number of ether oxygens (including phenoxy) is 1. The number of aromatic nitrogens is 1. The van der Waals surface area contributed by atoms with Gasteiger partial charge in [-0.25, -0.2) is 4.98 Å². The first-order valence-corrected chi connectivity index (χ1v) is 5.99. The van der Waals surface area contributed by atoms with Gasteiger partial charge in [0.25, 0.3) is 0 Å². The molecular weight excluding hydrogens is 224 g/mol. The molecule has 0 radical (unpaired) electrons. The van der Waals surface area contributed by atoms with Crippen molar-refractivity contribution in [3.05, 3.63) is 59.3 Å². The number of hydrogen-bond acceptors (Lipinski definition) is 3. The van der Waals surface area contributed by atoms with E-state index in [1.165, 1.54) is 11.1 Å². The van der Waals surface area contributed by atoms with Crippen LogP contribution in [0.3, 0.4) is 0 Å². The maximum absolute atomic E-state index is 5.33. The molecule has 0 saturated carbocycles. The number of nitrogens with one attached hydrogen (secondary N) is 1. The first-order chi connectivity index (χ1) is 8.76. The van der Waals surface area contributed by atoms with Crippen LogP contribution in [0.2, 0.25) is 0 Å². The maximum atomic E-state index is 5.33. The Kier molecular flexibility index (Phi) is 3.95. The Morgan fingerprint density at radius 2 is 2.06 bits per heavy atom. The summed E-state index contributed by atoms with van der Waals surface area (Å²) >= 11 is 0. The molecule has 0 aliphatic rings. The minimum atomic E-state index is 0.0913. The molecule has 1 unspecified atom stereocenters. The maximum Gasteiger partial charge on any atom is 0.218 e. The minimum Gasteiger partial charge on any atom is -0.481 e. The lowest BCUT2D eigenvalue weighted by Gasteiger charge is -2.19. The second kappa shape index (κ2) is 5.65. The normalized spacial score (nSPS) is 12.2. The van der Waals surface area contributed by atoms with Crippen LogP contribution in [0.25, 0.3) is 0 Å². The third-order valence-corrected chi connectivity index (χ3v) is 2.97. The number of aryl methyl sites for hydroxylation is 1. The van der Waals surface area contributed by atoms with E-state index in [4.69, 9.17) is 4.74 Å². The van der Waals surface area contributed by atoms with E-state index in [1.54, 1.807) is 13.3 Å². The van der Waals surface area contributed by atoms with Crippen molar-refractivity contribution in [3.63, 3.8) is 0 Å². The molecule has 3 nitrogen and oxygen atoms in total. The average Bonchev–Trinajstić information content (AvgIpc) is 2.40. The highest BCUT2D eigenvalue weighted by molar-refractivity contribution is 5.38. The Bertz CT molecular complexity index is 525. The average molecular weight is 242 g/mol. The molecule has 1 N–H and O–H groups in total. The zero-order chi connectivity index (χ0) is 13.0. The molecule has 2 aromatic rings. The van der Waals surface area contributed by atoms with Crippen molar-refractivity contribution in [3.8, 4) is 5.88 Å². The predicted octanol–water partition coefficient (Wildman–Crippen LogP) is 2.71. The van der Waals surface area contributed by atoms with Crippen molar-refractivity contribution in [2.24, 2.45) is 0 Å².